The maximum atomic E-state index is 5.16. The first-order valence-electron chi connectivity index (χ1n) is 3.25. The van der Waals surface area contributed by atoms with E-state index in [1.165, 1.54) is 0 Å². The second-order valence-corrected chi connectivity index (χ2v) is 9.24. The van der Waals surface area contributed by atoms with Crippen molar-refractivity contribution in [2.24, 2.45) is 0 Å². The molecule has 0 N–H and O–H groups in total. The molecular weight excluding hydrogens is 167 g/mol. The molecule has 0 spiro atoms. The lowest BCUT2D eigenvalue weighted by Gasteiger charge is -2.03. The second-order valence-electron chi connectivity index (χ2n) is 3.08. The van der Waals surface area contributed by atoms with Gasteiger partial charge in [-0.3, -0.25) is 0 Å². The van der Waals surface area contributed by atoms with Gasteiger partial charge in [-0.25, -0.2) is 0 Å². The van der Waals surface area contributed by atoms with Crippen LogP contribution in [0.25, 0.3) is 0 Å². The Morgan fingerprint density at radius 2 is 1.55 bits per heavy atom. The molecule has 0 rings (SSSR count). The van der Waals surface area contributed by atoms with Gasteiger partial charge in [0.1, 0.15) is 16.0 Å². The molecule has 0 heterocycles. The molecule has 0 saturated heterocycles. The third-order valence-corrected chi connectivity index (χ3v) is 2.74. The van der Waals surface area contributed by atoms with Crippen LogP contribution in [0.2, 0.25) is 19.6 Å². The maximum Gasteiger partial charge on any atom is 0.129 e. The highest BCUT2D eigenvalue weighted by Crippen LogP contribution is 2.29. The zero-order valence-electron chi connectivity index (χ0n) is 7.10. The van der Waals surface area contributed by atoms with Crippen LogP contribution < -0.4 is 0 Å². The Morgan fingerprint density at radius 3 is 1.82 bits per heavy atom. The Kier molecular flexibility index (Phi) is 4.00. The summed E-state index contributed by atoms with van der Waals surface area (Å²) >= 11 is 0. The summed E-state index contributed by atoms with van der Waals surface area (Å²) in [6.07, 6.45) is 10.3. The van der Waals surface area contributed by atoms with E-state index in [9.17, 15) is 0 Å². The van der Waals surface area contributed by atoms with Crippen LogP contribution in [0.1, 0.15) is 0 Å². The summed E-state index contributed by atoms with van der Waals surface area (Å²) in [7, 11) is -2.18. The predicted molar refractivity (Wildman–Crippen MR) is 55.7 cm³/mol. The fourth-order valence-corrected chi connectivity index (χ4v) is 2.32. The largest absolute Gasteiger partial charge is 0.129 e. The molecule has 2 heteroatoms. The fraction of sp³-hybridized carbons (Fsp3) is 0.333. The smallest absolute Gasteiger partial charge is 0.125 e. The molecule has 0 unspecified atom stereocenters. The van der Waals surface area contributed by atoms with Crippen molar-refractivity contribution in [1.29, 1.82) is 0 Å². The Labute approximate surface area is 71.5 Å². The molecule has 0 nitrogen and oxygen atoms in total. The van der Waals surface area contributed by atoms with Crippen molar-refractivity contribution in [2.75, 3.05) is 0 Å². The minimum absolute atomic E-state index is 0.891. The quantitative estimate of drug-likeness (QED) is 0.304. The second kappa shape index (κ2) is 4.26. The van der Waals surface area contributed by atoms with Crippen molar-refractivity contribution < 1.29 is 0 Å². The number of rotatable bonds is 0. The molecule has 0 aromatic carbocycles. The van der Waals surface area contributed by atoms with Crippen molar-refractivity contribution in [1.82, 2.24) is 0 Å². The molecule has 0 aromatic heterocycles. The van der Waals surface area contributed by atoms with E-state index in [2.05, 4.69) is 42.2 Å². The zero-order chi connectivity index (χ0) is 8.91. The summed E-state index contributed by atoms with van der Waals surface area (Å²) in [6.45, 7) is 6.50. The van der Waals surface area contributed by atoms with Gasteiger partial charge >= 0.3 is 0 Å². The fourth-order valence-electron chi connectivity index (χ4n) is 0.325. The molecule has 0 bridgehead atoms. The first kappa shape index (κ1) is 10.3. The lowest BCUT2D eigenvalue weighted by molar-refractivity contribution is 1.82. The van der Waals surface area contributed by atoms with Crippen LogP contribution in [0.15, 0.2) is 0 Å². The minimum Gasteiger partial charge on any atom is -0.125 e. The van der Waals surface area contributed by atoms with Crippen LogP contribution in [0.4, 0.5) is 0 Å². The highest BCUT2D eigenvalue weighted by molar-refractivity contribution is 7.72. The van der Waals surface area contributed by atoms with Crippen molar-refractivity contribution in [3.05, 3.63) is 0 Å². The molecule has 0 aliphatic carbocycles. The monoisotopic (exact) mass is 178 g/mol. The summed E-state index contributed by atoms with van der Waals surface area (Å²) in [5, 5.41) is 0. The van der Waals surface area contributed by atoms with Crippen LogP contribution in [0.5, 0.6) is 0 Å². The van der Waals surface area contributed by atoms with Gasteiger partial charge in [0.2, 0.25) is 0 Å². The molecule has 11 heavy (non-hydrogen) atoms. The highest BCUT2D eigenvalue weighted by atomic mass is 31.1. The van der Waals surface area contributed by atoms with Gasteiger partial charge in [0.05, 0.1) is 0 Å². The van der Waals surface area contributed by atoms with Gasteiger partial charge in [0.25, 0.3) is 0 Å². The number of hydrogen-bond donors (Lipinski definition) is 0. The topological polar surface area (TPSA) is 0 Å². The summed E-state index contributed by atoms with van der Waals surface area (Å²) in [5.74, 6) is 0. The third kappa shape index (κ3) is 5.76. The standard InChI is InChI=1S/C9H11PSi/c1-6-10(7-2)8-9-11(3,4)5/h1-2H,3-5H3. The molecule has 0 aliphatic heterocycles. The van der Waals surface area contributed by atoms with Gasteiger partial charge in [0.15, 0.2) is 0 Å². The Hall–Kier alpha value is -0.673. The Bertz CT molecular complexity index is 247. The van der Waals surface area contributed by atoms with Crippen molar-refractivity contribution in [2.45, 2.75) is 19.6 Å². The van der Waals surface area contributed by atoms with E-state index >= 15 is 0 Å². The van der Waals surface area contributed by atoms with E-state index in [0.29, 0.717) is 0 Å². The van der Waals surface area contributed by atoms with E-state index in [1.54, 1.807) is 0 Å². The van der Waals surface area contributed by atoms with E-state index in [4.69, 9.17) is 12.8 Å². The SMILES string of the molecule is C#CP(C#C)C#C[Si](C)(C)C. The van der Waals surface area contributed by atoms with Crippen molar-refractivity contribution in [3.63, 3.8) is 0 Å². The molecule has 0 radical (unpaired) electrons. The van der Waals surface area contributed by atoms with Gasteiger partial charge in [-0.1, -0.05) is 36.6 Å². The third-order valence-electron chi connectivity index (χ3n) is 0.801. The first-order chi connectivity index (χ1) is 4.99. The summed E-state index contributed by atoms with van der Waals surface area (Å²) in [5.41, 5.74) is 11.1. The van der Waals surface area contributed by atoms with Gasteiger partial charge in [0, 0.05) is 0 Å². The van der Waals surface area contributed by atoms with Gasteiger partial charge in [-0.05, 0) is 0 Å². The van der Waals surface area contributed by atoms with Crippen LogP contribution >= 0.6 is 7.92 Å². The molecule has 0 aromatic rings. The molecule has 0 saturated carbocycles. The molecule has 0 fully saturated rings. The lowest BCUT2D eigenvalue weighted by atomic mass is 11.3. The van der Waals surface area contributed by atoms with Crippen LogP contribution in [-0.4, -0.2) is 8.07 Å². The van der Waals surface area contributed by atoms with Crippen LogP contribution in [-0.2, 0) is 0 Å². The van der Waals surface area contributed by atoms with Crippen LogP contribution in [0.3, 0.4) is 0 Å². The molecule has 0 aliphatic rings. The molecule has 0 amide bonds. The van der Waals surface area contributed by atoms with E-state index in [1.807, 2.05) is 0 Å². The Balaban J connectivity index is 4.34. The Morgan fingerprint density at radius 1 is 1.09 bits per heavy atom. The predicted octanol–water partition coefficient (Wildman–Crippen LogP) is 2.49. The first-order valence-corrected chi connectivity index (χ1v) is 8.09. The average Bonchev–Trinajstić information content (AvgIpc) is 1.88. The van der Waals surface area contributed by atoms with Crippen LogP contribution in [0, 0.1) is 35.4 Å². The zero-order valence-corrected chi connectivity index (χ0v) is 9.00. The van der Waals surface area contributed by atoms with E-state index in [-0.39, 0.29) is 0 Å². The molecule has 56 valence electrons. The van der Waals surface area contributed by atoms with Crippen molar-refractivity contribution in [3.8, 4) is 35.4 Å². The lowest BCUT2D eigenvalue weighted by Crippen LogP contribution is -2.16. The maximum absolute atomic E-state index is 5.16. The summed E-state index contributed by atoms with van der Waals surface area (Å²) in [6, 6.07) is 0. The highest BCUT2D eigenvalue weighted by Gasteiger charge is 2.07. The molecule has 0 atom stereocenters. The molecular formula is C9H11PSi. The van der Waals surface area contributed by atoms with E-state index < -0.39 is 16.0 Å². The normalized spacial score (nSPS) is 9.27. The van der Waals surface area contributed by atoms with Gasteiger partial charge in [-0.2, -0.15) is 0 Å². The number of hydrogen-bond acceptors (Lipinski definition) is 0. The summed E-state index contributed by atoms with van der Waals surface area (Å²) < 4.78 is 0. The van der Waals surface area contributed by atoms with E-state index in [0.717, 1.165) is 0 Å². The minimum atomic E-state index is -1.29. The van der Waals surface area contributed by atoms with Gasteiger partial charge < -0.3 is 0 Å². The summed E-state index contributed by atoms with van der Waals surface area (Å²) in [4.78, 5) is 0. The van der Waals surface area contributed by atoms with Crippen molar-refractivity contribution >= 4 is 16.0 Å². The number of terminal acetylenes is 2. The van der Waals surface area contributed by atoms with Gasteiger partial charge in [-0.15, -0.1) is 18.4 Å². The average molecular weight is 178 g/mol.